The minimum absolute atomic E-state index is 0.177. The van der Waals surface area contributed by atoms with Crippen LogP contribution in [0.15, 0.2) is 12.7 Å². The van der Waals surface area contributed by atoms with E-state index in [9.17, 15) is 4.79 Å². The predicted molar refractivity (Wildman–Crippen MR) is 35.7 cm³/mol. The van der Waals surface area contributed by atoms with Crippen LogP contribution >= 0.6 is 0 Å². The molecule has 0 fully saturated rings. The highest BCUT2D eigenvalue weighted by molar-refractivity contribution is 5.70. The summed E-state index contributed by atoms with van der Waals surface area (Å²) in [7, 11) is 0. The van der Waals surface area contributed by atoms with Crippen LogP contribution in [0.1, 0.15) is 6.42 Å². The first-order chi connectivity index (χ1) is 5.04. The quantitative estimate of drug-likeness (QED) is 0.396. The summed E-state index contributed by atoms with van der Waals surface area (Å²) in [6, 6.07) is 0. The Balaban J connectivity index is 0. The Bertz CT molecular complexity index is 140. The van der Waals surface area contributed by atoms with Crippen LogP contribution in [0.25, 0.3) is 0 Å². The molecule has 0 amide bonds. The fourth-order valence-electron chi connectivity index (χ4n) is 0.166. The van der Waals surface area contributed by atoms with Crippen LogP contribution in [0.3, 0.4) is 0 Å². The lowest BCUT2D eigenvalue weighted by atomic mass is 10.4. The van der Waals surface area contributed by atoms with E-state index in [0.29, 0.717) is 0 Å². The molecular weight excluding hydrogens is 154 g/mol. The molecular formula is C5H9NO5. The second kappa shape index (κ2) is 8.44. The molecule has 64 valence electrons. The van der Waals surface area contributed by atoms with Gasteiger partial charge in [-0.15, -0.1) is 6.58 Å². The van der Waals surface area contributed by atoms with Gasteiger partial charge in [0.2, 0.25) is 0 Å². The van der Waals surface area contributed by atoms with Crippen LogP contribution in [0.4, 0.5) is 4.79 Å². The number of carbonyl (C=O) groups excluding carboxylic acids is 1. The highest BCUT2D eigenvalue weighted by atomic mass is 16.7. The van der Waals surface area contributed by atoms with E-state index in [0.717, 1.165) is 0 Å². The molecule has 0 saturated heterocycles. The monoisotopic (exact) mass is 163 g/mol. The highest BCUT2D eigenvalue weighted by Gasteiger charge is 1.91. The summed E-state index contributed by atoms with van der Waals surface area (Å²) in [4.78, 5) is 22.3. The molecule has 0 aliphatic rings. The molecule has 6 heteroatoms. The van der Waals surface area contributed by atoms with E-state index in [2.05, 4.69) is 17.3 Å². The largest absolute Gasteiger partial charge is 0.503 e. The summed E-state index contributed by atoms with van der Waals surface area (Å²) >= 11 is 0. The van der Waals surface area contributed by atoms with E-state index in [4.69, 9.17) is 15.0 Å². The van der Waals surface area contributed by atoms with Gasteiger partial charge in [0.05, 0.1) is 6.42 Å². The highest BCUT2D eigenvalue weighted by Crippen LogP contribution is 1.79. The zero-order valence-electron chi connectivity index (χ0n) is 5.69. The summed E-state index contributed by atoms with van der Waals surface area (Å²) in [5.41, 5.74) is 0. The molecule has 0 unspecified atom stereocenters. The van der Waals surface area contributed by atoms with Gasteiger partial charge in [-0.05, 0) is 0 Å². The number of nitrogens with two attached hydrogens (primary N) is 1. The summed E-state index contributed by atoms with van der Waals surface area (Å²) in [6.45, 7) is 3.29. The van der Waals surface area contributed by atoms with E-state index >= 15 is 0 Å². The number of hydrogen-bond acceptors (Lipinski definition) is 4. The lowest BCUT2D eigenvalue weighted by molar-refractivity contribution is -0.143. The van der Waals surface area contributed by atoms with E-state index < -0.39 is 12.1 Å². The Morgan fingerprint density at radius 2 is 1.91 bits per heavy atom. The lowest BCUT2D eigenvalue weighted by Crippen LogP contribution is -2.07. The Hall–Kier alpha value is -1.56. The van der Waals surface area contributed by atoms with Crippen LogP contribution in [-0.2, 0) is 9.63 Å². The first-order valence-electron chi connectivity index (χ1n) is 2.47. The molecule has 0 aliphatic carbocycles. The van der Waals surface area contributed by atoms with Gasteiger partial charge >= 0.3 is 12.1 Å². The molecule has 6 nitrogen and oxygen atoms in total. The molecule has 0 atom stereocenters. The SMILES string of the molecule is C=CCC(=O)ON.O=C(O)O. The first kappa shape index (κ1) is 12.1. The third kappa shape index (κ3) is 29.6. The van der Waals surface area contributed by atoms with Crippen LogP contribution in [0, 0.1) is 0 Å². The zero-order chi connectivity index (χ0) is 9.28. The third-order valence-electron chi connectivity index (χ3n) is 0.442. The summed E-state index contributed by atoms with van der Waals surface area (Å²) in [5.74, 6) is 4.00. The van der Waals surface area contributed by atoms with Gasteiger partial charge in [0.1, 0.15) is 0 Å². The minimum Gasteiger partial charge on any atom is -0.450 e. The maximum Gasteiger partial charge on any atom is 0.503 e. The fraction of sp³-hybridized carbons (Fsp3) is 0.200. The van der Waals surface area contributed by atoms with Gasteiger partial charge in [-0.2, -0.15) is 5.90 Å². The number of rotatable bonds is 2. The topological polar surface area (TPSA) is 110 Å². The van der Waals surface area contributed by atoms with Crippen molar-refractivity contribution in [2.75, 3.05) is 0 Å². The van der Waals surface area contributed by atoms with Crippen molar-refractivity contribution < 1.29 is 24.6 Å². The van der Waals surface area contributed by atoms with E-state index in [1.54, 1.807) is 0 Å². The average Bonchev–Trinajstić information content (AvgIpc) is 1.87. The number of carbonyl (C=O) groups is 2. The molecule has 0 aromatic carbocycles. The molecule has 4 N–H and O–H groups in total. The van der Waals surface area contributed by atoms with Gasteiger partial charge in [0.15, 0.2) is 0 Å². The summed E-state index contributed by atoms with van der Waals surface area (Å²) < 4.78 is 0. The van der Waals surface area contributed by atoms with E-state index in [1.165, 1.54) is 6.08 Å². The normalized spacial score (nSPS) is 7.00. The van der Waals surface area contributed by atoms with Crippen molar-refractivity contribution >= 4 is 12.1 Å². The Morgan fingerprint density at radius 1 is 1.55 bits per heavy atom. The molecule has 0 spiro atoms. The van der Waals surface area contributed by atoms with Crippen LogP contribution in [-0.4, -0.2) is 22.3 Å². The molecule has 11 heavy (non-hydrogen) atoms. The predicted octanol–water partition coefficient (Wildman–Crippen LogP) is 0.202. The minimum atomic E-state index is -1.83. The third-order valence-corrected chi connectivity index (χ3v) is 0.442. The van der Waals surface area contributed by atoms with Crippen molar-refractivity contribution in [1.29, 1.82) is 0 Å². The van der Waals surface area contributed by atoms with Crippen LogP contribution in [0.2, 0.25) is 0 Å². The van der Waals surface area contributed by atoms with Crippen molar-refractivity contribution in [3.8, 4) is 0 Å². The molecule has 0 rings (SSSR count). The van der Waals surface area contributed by atoms with Crippen molar-refractivity contribution in [2.24, 2.45) is 5.90 Å². The smallest absolute Gasteiger partial charge is 0.450 e. The molecule has 0 bridgehead atoms. The summed E-state index contributed by atoms with van der Waals surface area (Å²) in [5, 5.41) is 13.9. The molecule has 0 aromatic rings. The standard InChI is InChI=1S/C4H7NO2.CH2O3/c1-2-3-4(6)7-5;2-1(3)4/h2H,1,3,5H2;(H2,2,3,4). The van der Waals surface area contributed by atoms with Crippen molar-refractivity contribution in [1.82, 2.24) is 0 Å². The van der Waals surface area contributed by atoms with Crippen molar-refractivity contribution in [2.45, 2.75) is 6.42 Å². The maximum absolute atomic E-state index is 9.99. The van der Waals surface area contributed by atoms with Gasteiger partial charge < -0.3 is 15.1 Å². The average molecular weight is 163 g/mol. The second-order valence-corrected chi connectivity index (χ2v) is 1.27. The molecule has 0 aliphatic heterocycles. The fourth-order valence-corrected chi connectivity index (χ4v) is 0.166. The molecule has 0 heterocycles. The van der Waals surface area contributed by atoms with Crippen LogP contribution in [0.5, 0.6) is 0 Å². The van der Waals surface area contributed by atoms with Gasteiger partial charge in [-0.25, -0.2) is 4.79 Å². The Kier molecular flexibility index (Phi) is 9.32. The van der Waals surface area contributed by atoms with Crippen molar-refractivity contribution in [3.63, 3.8) is 0 Å². The lowest BCUT2D eigenvalue weighted by Gasteiger charge is -1.87. The number of carboxylic acid groups (broad SMARTS) is 2. The number of hydrogen-bond donors (Lipinski definition) is 3. The molecule has 0 aromatic heterocycles. The Morgan fingerprint density at radius 3 is 2.00 bits per heavy atom. The van der Waals surface area contributed by atoms with Gasteiger partial charge in [-0.1, -0.05) is 6.08 Å². The van der Waals surface area contributed by atoms with Gasteiger partial charge in [0, 0.05) is 0 Å². The molecule has 0 radical (unpaired) electrons. The summed E-state index contributed by atoms with van der Waals surface area (Å²) in [6.07, 6.45) is -0.230. The Labute approximate surface area is 62.8 Å². The van der Waals surface area contributed by atoms with E-state index in [1.807, 2.05) is 0 Å². The second-order valence-electron chi connectivity index (χ2n) is 1.27. The van der Waals surface area contributed by atoms with Crippen LogP contribution < -0.4 is 5.90 Å². The molecule has 0 saturated carbocycles. The van der Waals surface area contributed by atoms with Gasteiger partial charge in [-0.3, -0.25) is 4.79 Å². The zero-order valence-corrected chi connectivity index (χ0v) is 5.69. The van der Waals surface area contributed by atoms with Crippen molar-refractivity contribution in [3.05, 3.63) is 12.7 Å². The first-order valence-corrected chi connectivity index (χ1v) is 2.47. The van der Waals surface area contributed by atoms with Gasteiger partial charge in [0.25, 0.3) is 0 Å². The maximum atomic E-state index is 9.99. The van der Waals surface area contributed by atoms with E-state index in [-0.39, 0.29) is 6.42 Å².